The Labute approximate surface area is 101 Å². The fourth-order valence-corrected chi connectivity index (χ4v) is 1.41. The molecule has 1 unspecified atom stereocenters. The Balaban J connectivity index is 2.44. The van der Waals surface area contributed by atoms with Crippen LogP contribution in [0, 0.1) is 6.92 Å². The zero-order valence-corrected chi connectivity index (χ0v) is 10.2. The maximum absolute atomic E-state index is 8.51. The van der Waals surface area contributed by atoms with Gasteiger partial charge in [0.2, 0.25) is 0 Å². The SMILES string of the molecule is CCC(CC(N)=NO)NCc1cnc(C)cn1. The van der Waals surface area contributed by atoms with Crippen LogP contribution in [-0.2, 0) is 6.54 Å². The van der Waals surface area contributed by atoms with Crippen molar-refractivity contribution in [2.24, 2.45) is 10.9 Å². The van der Waals surface area contributed by atoms with Crippen molar-refractivity contribution in [3.63, 3.8) is 0 Å². The summed E-state index contributed by atoms with van der Waals surface area (Å²) < 4.78 is 0. The van der Waals surface area contributed by atoms with Crippen molar-refractivity contribution < 1.29 is 5.21 Å². The van der Waals surface area contributed by atoms with Crippen LogP contribution in [0.25, 0.3) is 0 Å². The highest BCUT2D eigenvalue weighted by Gasteiger charge is 2.08. The molecule has 0 radical (unpaired) electrons. The molecule has 0 fully saturated rings. The molecule has 0 aliphatic heterocycles. The van der Waals surface area contributed by atoms with Crippen LogP contribution in [-0.4, -0.2) is 27.1 Å². The molecule has 0 aliphatic rings. The van der Waals surface area contributed by atoms with E-state index in [0.29, 0.717) is 13.0 Å². The van der Waals surface area contributed by atoms with Gasteiger partial charge < -0.3 is 16.3 Å². The highest BCUT2D eigenvalue weighted by molar-refractivity contribution is 5.80. The van der Waals surface area contributed by atoms with E-state index in [1.54, 1.807) is 12.4 Å². The molecule has 17 heavy (non-hydrogen) atoms. The van der Waals surface area contributed by atoms with Gasteiger partial charge >= 0.3 is 0 Å². The number of aryl methyl sites for hydroxylation is 1. The van der Waals surface area contributed by atoms with Gasteiger partial charge in [0, 0.05) is 31.4 Å². The smallest absolute Gasteiger partial charge is 0.140 e. The summed E-state index contributed by atoms with van der Waals surface area (Å²) in [5.41, 5.74) is 7.25. The van der Waals surface area contributed by atoms with Crippen molar-refractivity contribution in [3.05, 3.63) is 23.8 Å². The van der Waals surface area contributed by atoms with Gasteiger partial charge in [-0.3, -0.25) is 9.97 Å². The van der Waals surface area contributed by atoms with Gasteiger partial charge in [0.05, 0.1) is 11.4 Å². The number of rotatable bonds is 6. The van der Waals surface area contributed by atoms with E-state index in [2.05, 4.69) is 20.4 Å². The summed E-state index contributed by atoms with van der Waals surface area (Å²) in [6.45, 7) is 4.57. The van der Waals surface area contributed by atoms with E-state index in [4.69, 9.17) is 10.9 Å². The first-order chi connectivity index (χ1) is 8.15. The third kappa shape index (κ3) is 4.78. The Bertz CT molecular complexity index is 363. The van der Waals surface area contributed by atoms with Gasteiger partial charge in [0.1, 0.15) is 5.84 Å². The standard InChI is InChI=1S/C11H19N5O/c1-3-9(4-11(12)16-17)15-7-10-6-13-8(2)5-14-10/h5-6,9,15,17H,3-4,7H2,1-2H3,(H2,12,16). The summed E-state index contributed by atoms with van der Waals surface area (Å²) in [5.74, 6) is 0.236. The number of hydrogen-bond donors (Lipinski definition) is 3. The van der Waals surface area contributed by atoms with Crippen LogP contribution in [0.15, 0.2) is 17.5 Å². The molecule has 94 valence electrons. The molecule has 1 aromatic heterocycles. The predicted molar refractivity (Wildman–Crippen MR) is 65.7 cm³/mol. The Kier molecular flexibility index (Phi) is 5.35. The van der Waals surface area contributed by atoms with Gasteiger partial charge in [-0.15, -0.1) is 0 Å². The number of oxime groups is 1. The molecule has 0 spiro atoms. The van der Waals surface area contributed by atoms with Crippen LogP contribution in [0.3, 0.4) is 0 Å². The van der Waals surface area contributed by atoms with Crippen molar-refractivity contribution in [1.82, 2.24) is 15.3 Å². The van der Waals surface area contributed by atoms with Crippen LogP contribution in [0.1, 0.15) is 31.2 Å². The summed E-state index contributed by atoms with van der Waals surface area (Å²) in [4.78, 5) is 8.42. The van der Waals surface area contributed by atoms with Gasteiger partial charge in [0.25, 0.3) is 0 Å². The topological polar surface area (TPSA) is 96.4 Å². The van der Waals surface area contributed by atoms with Crippen LogP contribution < -0.4 is 11.1 Å². The monoisotopic (exact) mass is 237 g/mol. The molecule has 4 N–H and O–H groups in total. The van der Waals surface area contributed by atoms with E-state index >= 15 is 0 Å². The van der Waals surface area contributed by atoms with E-state index in [1.807, 2.05) is 13.8 Å². The molecule has 0 saturated heterocycles. The van der Waals surface area contributed by atoms with Gasteiger partial charge in [-0.25, -0.2) is 0 Å². The molecule has 1 aromatic rings. The van der Waals surface area contributed by atoms with Gasteiger partial charge in [-0.1, -0.05) is 12.1 Å². The average Bonchev–Trinajstić information content (AvgIpc) is 2.36. The summed E-state index contributed by atoms with van der Waals surface area (Å²) in [6.07, 6.45) is 4.90. The number of nitrogens with zero attached hydrogens (tertiary/aromatic N) is 3. The summed E-state index contributed by atoms with van der Waals surface area (Å²) >= 11 is 0. The second-order valence-corrected chi connectivity index (χ2v) is 3.93. The minimum absolute atomic E-state index is 0.175. The number of hydrogen-bond acceptors (Lipinski definition) is 5. The fourth-order valence-electron chi connectivity index (χ4n) is 1.41. The van der Waals surface area contributed by atoms with Crippen LogP contribution in [0.2, 0.25) is 0 Å². The zero-order valence-electron chi connectivity index (χ0n) is 10.2. The molecule has 1 rings (SSSR count). The maximum atomic E-state index is 8.51. The zero-order chi connectivity index (χ0) is 12.7. The lowest BCUT2D eigenvalue weighted by Crippen LogP contribution is -2.33. The highest BCUT2D eigenvalue weighted by atomic mass is 16.4. The fraction of sp³-hybridized carbons (Fsp3) is 0.545. The molecule has 0 saturated carbocycles. The molecule has 6 heteroatoms. The molecule has 0 amide bonds. The van der Waals surface area contributed by atoms with Gasteiger partial charge in [-0.2, -0.15) is 0 Å². The third-order valence-electron chi connectivity index (χ3n) is 2.48. The number of nitrogens with one attached hydrogen (secondary N) is 1. The lowest BCUT2D eigenvalue weighted by Gasteiger charge is -2.15. The van der Waals surface area contributed by atoms with Gasteiger partial charge in [-0.05, 0) is 13.3 Å². The first-order valence-electron chi connectivity index (χ1n) is 5.63. The van der Waals surface area contributed by atoms with E-state index in [-0.39, 0.29) is 11.9 Å². The number of amidine groups is 1. The third-order valence-corrected chi connectivity index (χ3v) is 2.48. The van der Waals surface area contributed by atoms with Crippen LogP contribution in [0.5, 0.6) is 0 Å². The molecular formula is C11H19N5O. The Morgan fingerprint density at radius 3 is 2.82 bits per heavy atom. The second-order valence-electron chi connectivity index (χ2n) is 3.93. The van der Waals surface area contributed by atoms with Crippen molar-refractivity contribution in [2.45, 2.75) is 39.3 Å². The number of nitrogens with two attached hydrogens (primary N) is 1. The van der Waals surface area contributed by atoms with Crippen LogP contribution in [0.4, 0.5) is 0 Å². The largest absolute Gasteiger partial charge is 0.409 e. The lowest BCUT2D eigenvalue weighted by atomic mass is 10.1. The summed E-state index contributed by atoms with van der Waals surface area (Å²) in [6, 6.07) is 0.175. The molecule has 0 aliphatic carbocycles. The molecular weight excluding hydrogens is 218 g/mol. The minimum Gasteiger partial charge on any atom is -0.409 e. The predicted octanol–water partition coefficient (Wildman–Crippen LogP) is 0.790. The Morgan fingerprint density at radius 2 is 2.29 bits per heavy atom. The minimum atomic E-state index is 0.175. The number of aromatic nitrogens is 2. The van der Waals surface area contributed by atoms with Crippen molar-refractivity contribution in [2.75, 3.05) is 0 Å². The highest BCUT2D eigenvalue weighted by Crippen LogP contribution is 2.00. The average molecular weight is 237 g/mol. The molecule has 1 atom stereocenters. The first-order valence-corrected chi connectivity index (χ1v) is 5.63. The molecule has 0 aromatic carbocycles. The van der Waals surface area contributed by atoms with Crippen LogP contribution >= 0.6 is 0 Å². The Hall–Kier alpha value is -1.69. The van der Waals surface area contributed by atoms with E-state index < -0.39 is 0 Å². The van der Waals surface area contributed by atoms with Crippen molar-refractivity contribution >= 4 is 5.84 Å². The first kappa shape index (κ1) is 13.4. The van der Waals surface area contributed by atoms with E-state index in [0.717, 1.165) is 17.8 Å². The van der Waals surface area contributed by atoms with Crippen molar-refractivity contribution in [1.29, 1.82) is 0 Å². The second kappa shape index (κ2) is 6.80. The molecule has 6 nitrogen and oxygen atoms in total. The summed E-state index contributed by atoms with van der Waals surface area (Å²) in [5, 5.41) is 14.8. The van der Waals surface area contributed by atoms with E-state index in [1.165, 1.54) is 0 Å². The van der Waals surface area contributed by atoms with E-state index in [9.17, 15) is 0 Å². The maximum Gasteiger partial charge on any atom is 0.140 e. The molecule has 1 heterocycles. The van der Waals surface area contributed by atoms with Gasteiger partial charge in [0.15, 0.2) is 0 Å². The molecule has 0 bridgehead atoms. The summed E-state index contributed by atoms with van der Waals surface area (Å²) in [7, 11) is 0. The Morgan fingerprint density at radius 1 is 1.53 bits per heavy atom. The normalized spacial score (nSPS) is 13.6. The van der Waals surface area contributed by atoms with Crippen molar-refractivity contribution in [3.8, 4) is 0 Å². The lowest BCUT2D eigenvalue weighted by molar-refractivity contribution is 0.315. The quantitative estimate of drug-likeness (QED) is 0.294.